The zero-order chi connectivity index (χ0) is 11.1. The summed E-state index contributed by atoms with van der Waals surface area (Å²) < 4.78 is 5.65. The van der Waals surface area contributed by atoms with Crippen LogP contribution in [0.25, 0.3) is 0 Å². The number of ether oxygens (including phenoxy) is 1. The second-order valence-electron chi connectivity index (χ2n) is 6.28. The summed E-state index contributed by atoms with van der Waals surface area (Å²) in [6.45, 7) is 6.56. The molecule has 1 aliphatic carbocycles. The second-order valence-corrected chi connectivity index (χ2v) is 6.28. The molecule has 0 spiro atoms. The SMILES string of the molecule is CC(C)(C)C1O[C@H]1[C@@H](O)C1CCCCC1. The summed E-state index contributed by atoms with van der Waals surface area (Å²) in [5, 5.41) is 10.2. The van der Waals surface area contributed by atoms with Crippen LogP contribution in [0.4, 0.5) is 0 Å². The molecule has 1 N–H and O–H groups in total. The van der Waals surface area contributed by atoms with Gasteiger partial charge in [-0.3, -0.25) is 0 Å². The van der Waals surface area contributed by atoms with Gasteiger partial charge in [0.2, 0.25) is 0 Å². The van der Waals surface area contributed by atoms with E-state index in [9.17, 15) is 5.11 Å². The first-order valence-electron chi connectivity index (χ1n) is 6.33. The van der Waals surface area contributed by atoms with Gasteiger partial charge in [-0.2, -0.15) is 0 Å². The molecule has 0 aromatic rings. The van der Waals surface area contributed by atoms with Gasteiger partial charge in [0.1, 0.15) is 6.10 Å². The lowest BCUT2D eigenvalue weighted by Crippen LogP contribution is -2.31. The number of rotatable bonds is 2. The fourth-order valence-electron chi connectivity index (χ4n) is 2.82. The molecule has 2 rings (SSSR count). The molecule has 1 heterocycles. The van der Waals surface area contributed by atoms with Crippen molar-refractivity contribution in [2.24, 2.45) is 11.3 Å². The van der Waals surface area contributed by atoms with Crippen molar-refractivity contribution in [1.29, 1.82) is 0 Å². The van der Waals surface area contributed by atoms with Gasteiger partial charge in [-0.15, -0.1) is 0 Å². The third kappa shape index (κ3) is 2.54. The maximum Gasteiger partial charge on any atom is 0.111 e. The van der Waals surface area contributed by atoms with Crippen molar-refractivity contribution in [2.75, 3.05) is 0 Å². The van der Waals surface area contributed by atoms with Crippen molar-refractivity contribution >= 4 is 0 Å². The van der Waals surface area contributed by atoms with Gasteiger partial charge < -0.3 is 9.84 Å². The second kappa shape index (κ2) is 4.06. The van der Waals surface area contributed by atoms with Crippen molar-refractivity contribution in [2.45, 2.75) is 71.2 Å². The van der Waals surface area contributed by atoms with Gasteiger partial charge in [0.05, 0.1) is 12.2 Å². The predicted molar refractivity (Wildman–Crippen MR) is 60.7 cm³/mol. The van der Waals surface area contributed by atoms with Crippen molar-refractivity contribution < 1.29 is 9.84 Å². The van der Waals surface area contributed by atoms with Crippen LogP contribution in [0.2, 0.25) is 0 Å². The van der Waals surface area contributed by atoms with Crippen LogP contribution in [-0.4, -0.2) is 23.4 Å². The van der Waals surface area contributed by atoms with Gasteiger partial charge in [-0.1, -0.05) is 40.0 Å². The number of aliphatic hydroxyl groups is 1. The van der Waals surface area contributed by atoms with E-state index in [0.717, 1.165) is 0 Å². The fraction of sp³-hybridized carbons (Fsp3) is 1.00. The lowest BCUT2D eigenvalue weighted by Gasteiger charge is -2.26. The van der Waals surface area contributed by atoms with Crippen LogP contribution in [-0.2, 0) is 4.74 Å². The van der Waals surface area contributed by atoms with E-state index in [1.54, 1.807) is 0 Å². The summed E-state index contributed by atoms with van der Waals surface area (Å²) >= 11 is 0. The van der Waals surface area contributed by atoms with E-state index in [4.69, 9.17) is 4.74 Å². The Kier molecular flexibility index (Phi) is 3.09. The third-order valence-corrected chi connectivity index (χ3v) is 3.85. The molecular weight excluding hydrogens is 188 g/mol. The highest BCUT2D eigenvalue weighted by Crippen LogP contribution is 2.43. The summed E-state index contributed by atoms with van der Waals surface area (Å²) in [4.78, 5) is 0. The average Bonchev–Trinajstić information content (AvgIpc) is 2.97. The molecule has 0 aromatic carbocycles. The Hall–Kier alpha value is -0.0800. The molecule has 15 heavy (non-hydrogen) atoms. The summed E-state index contributed by atoms with van der Waals surface area (Å²) in [6.07, 6.45) is 6.48. The molecule has 0 radical (unpaired) electrons. The van der Waals surface area contributed by atoms with Crippen LogP contribution in [0.5, 0.6) is 0 Å². The van der Waals surface area contributed by atoms with E-state index in [2.05, 4.69) is 20.8 Å². The van der Waals surface area contributed by atoms with Crippen LogP contribution in [0.1, 0.15) is 52.9 Å². The Balaban J connectivity index is 1.85. The van der Waals surface area contributed by atoms with Crippen molar-refractivity contribution in [3.8, 4) is 0 Å². The monoisotopic (exact) mass is 212 g/mol. The molecule has 88 valence electrons. The highest BCUT2D eigenvalue weighted by Gasteiger charge is 2.52. The lowest BCUT2D eigenvalue weighted by molar-refractivity contribution is 0.0585. The maximum atomic E-state index is 10.2. The van der Waals surface area contributed by atoms with E-state index in [0.29, 0.717) is 5.92 Å². The zero-order valence-corrected chi connectivity index (χ0v) is 10.2. The summed E-state index contributed by atoms with van der Waals surface area (Å²) in [5.74, 6) is 0.496. The maximum absolute atomic E-state index is 10.2. The van der Waals surface area contributed by atoms with E-state index < -0.39 is 0 Å². The van der Waals surface area contributed by atoms with Crippen molar-refractivity contribution in [3.05, 3.63) is 0 Å². The van der Waals surface area contributed by atoms with E-state index in [-0.39, 0.29) is 23.7 Å². The van der Waals surface area contributed by atoms with Gasteiger partial charge in [0, 0.05) is 0 Å². The van der Waals surface area contributed by atoms with E-state index in [1.807, 2.05) is 0 Å². The van der Waals surface area contributed by atoms with Gasteiger partial charge in [-0.05, 0) is 24.2 Å². The first-order valence-corrected chi connectivity index (χ1v) is 6.33. The first-order chi connectivity index (χ1) is 7.00. The minimum absolute atomic E-state index is 0.119. The van der Waals surface area contributed by atoms with Gasteiger partial charge >= 0.3 is 0 Å². The van der Waals surface area contributed by atoms with E-state index >= 15 is 0 Å². The Morgan fingerprint density at radius 1 is 1.13 bits per heavy atom. The quantitative estimate of drug-likeness (QED) is 0.714. The van der Waals surface area contributed by atoms with Crippen LogP contribution < -0.4 is 0 Å². The molecule has 2 heteroatoms. The molecule has 0 bridgehead atoms. The minimum atomic E-state index is -0.213. The predicted octanol–water partition coefficient (Wildman–Crippen LogP) is 2.74. The molecule has 1 aliphatic heterocycles. The zero-order valence-electron chi connectivity index (χ0n) is 10.2. The highest BCUT2D eigenvalue weighted by molar-refractivity contribution is 4.99. The minimum Gasteiger partial charge on any atom is -0.390 e. The van der Waals surface area contributed by atoms with Gasteiger partial charge in [0.25, 0.3) is 0 Å². The molecule has 0 amide bonds. The molecule has 2 aliphatic rings. The molecule has 2 fully saturated rings. The van der Waals surface area contributed by atoms with Crippen LogP contribution >= 0.6 is 0 Å². The average molecular weight is 212 g/mol. The third-order valence-electron chi connectivity index (χ3n) is 3.85. The first kappa shape index (κ1) is 11.4. The molecule has 1 saturated carbocycles. The normalized spacial score (nSPS) is 35.2. The topological polar surface area (TPSA) is 32.8 Å². The summed E-state index contributed by atoms with van der Waals surface area (Å²) in [5.41, 5.74) is 0.181. The number of aliphatic hydroxyl groups excluding tert-OH is 1. The van der Waals surface area contributed by atoms with Crippen LogP contribution in [0.15, 0.2) is 0 Å². The number of hydrogen-bond donors (Lipinski definition) is 1. The van der Waals surface area contributed by atoms with Crippen LogP contribution in [0, 0.1) is 11.3 Å². The molecule has 0 aromatic heterocycles. The van der Waals surface area contributed by atoms with Gasteiger partial charge in [-0.25, -0.2) is 0 Å². The van der Waals surface area contributed by atoms with Gasteiger partial charge in [0.15, 0.2) is 0 Å². The van der Waals surface area contributed by atoms with Crippen molar-refractivity contribution in [1.82, 2.24) is 0 Å². The Bertz CT molecular complexity index is 213. The fourth-order valence-corrected chi connectivity index (χ4v) is 2.82. The molecule has 1 saturated heterocycles. The van der Waals surface area contributed by atoms with Crippen molar-refractivity contribution in [3.63, 3.8) is 0 Å². The smallest absolute Gasteiger partial charge is 0.111 e. The molecule has 2 nitrogen and oxygen atoms in total. The standard InChI is InChI=1S/C13H24O2/c1-13(2,3)12-11(15-12)10(14)9-7-5-4-6-8-9/h9-12,14H,4-8H2,1-3H3/t10-,11-,12?/m0/s1. The Labute approximate surface area is 93.0 Å². The largest absolute Gasteiger partial charge is 0.390 e. The summed E-state index contributed by atoms with van der Waals surface area (Å²) in [7, 11) is 0. The Morgan fingerprint density at radius 3 is 2.20 bits per heavy atom. The summed E-state index contributed by atoms with van der Waals surface area (Å²) in [6, 6.07) is 0. The number of epoxide rings is 1. The molecule has 3 atom stereocenters. The highest BCUT2D eigenvalue weighted by atomic mass is 16.6. The lowest BCUT2D eigenvalue weighted by atomic mass is 9.81. The number of hydrogen-bond acceptors (Lipinski definition) is 2. The Morgan fingerprint density at radius 2 is 1.73 bits per heavy atom. The van der Waals surface area contributed by atoms with E-state index in [1.165, 1.54) is 32.1 Å². The molecule has 1 unspecified atom stereocenters. The van der Waals surface area contributed by atoms with Crippen LogP contribution in [0.3, 0.4) is 0 Å². The molecular formula is C13H24O2.